The van der Waals surface area contributed by atoms with E-state index in [0.29, 0.717) is 0 Å². The highest BCUT2D eigenvalue weighted by Crippen LogP contribution is 2.22. The molecule has 0 unspecified atom stereocenters. The van der Waals surface area contributed by atoms with Crippen molar-refractivity contribution in [3.63, 3.8) is 0 Å². The SMILES string of the molecule is O=C(c1cccs1)N1CCN(c2cccc(Br)c2)CC1. The monoisotopic (exact) mass is 350 g/mol. The summed E-state index contributed by atoms with van der Waals surface area (Å²) in [7, 11) is 0. The summed E-state index contributed by atoms with van der Waals surface area (Å²) in [5.41, 5.74) is 1.21. The number of nitrogens with zero attached hydrogens (tertiary/aromatic N) is 2. The number of hydrogen-bond acceptors (Lipinski definition) is 3. The third kappa shape index (κ3) is 2.88. The third-order valence-electron chi connectivity index (χ3n) is 3.47. The molecule has 5 heteroatoms. The number of benzene rings is 1. The van der Waals surface area contributed by atoms with Crippen LogP contribution in [-0.2, 0) is 0 Å². The van der Waals surface area contributed by atoms with Gasteiger partial charge < -0.3 is 9.80 Å². The molecule has 3 rings (SSSR count). The van der Waals surface area contributed by atoms with Gasteiger partial charge in [0.1, 0.15) is 0 Å². The van der Waals surface area contributed by atoms with Crippen LogP contribution in [0, 0.1) is 0 Å². The minimum absolute atomic E-state index is 0.161. The molecule has 1 aromatic heterocycles. The van der Waals surface area contributed by atoms with E-state index in [9.17, 15) is 4.79 Å². The summed E-state index contributed by atoms with van der Waals surface area (Å²) in [6.07, 6.45) is 0. The maximum Gasteiger partial charge on any atom is 0.264 e. The van der Waals surface area contributed by atoms with Crippen molar-refractivity contribution in [2.24, 2.45) is 0 Å². The van der Waals surface area contributed by atoms with Gasteiger partial charge in [0.2, 0.25) is 0 Å². The molecule has 20 heavy (non-hydrogen) atoms. The van der Waals surface area contributed by atoms with E-state index in [1.165, 1.54) is 17.0 Å². The number of carbonyl (C=O) groups excluding carboxylic acids is 1. The summed E-state index contributed by atoms with van der Waals surface area (Å²) in [5.74, 6) is 0.161. The van der Waals surface area contributed by atoms with Crippen LogP contribution in [0.25, 0.3) is 0 Å². The van der Waals surface area contributed by atoms with Crippen LogP contribution in [0.15, 0.2) is 46.3 Å². The van der Waals surface area contributed by atoms with Crippen molar-refractivity contribution < 1.29 is 4.79 Å². The molecule has 0 spiro atoms. The quantitative estimate of drug-likeness (QED) is 0.827. The van der Waals surface area contributed by atoms with Crippen LogP contribution >= 0.6 is 27.3 Å². The lowest BCUT2D eigenvalue weighted by Gasteiger charge is -2.36. The van der Waals surface area contributed by atoms with Gasteiger partial charge in [0.25, 0.3) is 5.91 Å². The van der Waals surface area contributed by atoms with Gasteiger partial charge in [0, 0.05) is 36.3 Å². The average Bonchev–Trinajstić information content (AvgIpc) is 3.01. The number of thiophene rings is 1. The van der Waals surface area contributed by atoms with Gasteiger partial charge in [0.05, 0.1) is 4.88 Å². The molecule has 0 saturated carbocycles. The molecule has 0 atom stereocenters. The molecule has 0 aliphatic carbocycles. The Hall–Kier alpha value is -1.33. The van der Waals surface area contributed by atoms with Crippen LogP contribution in [0.1, 0.15) is 9.67 Å². The Morgan fingerprint density at radius 1 is 1.10 bits per heavy atom. The van der Waals surface area contributed by atoms with Gasteiger partial charge in [-0.2, -0.15) is 0 Å². The summed E-state index contributed by atoms with van der Waals surface area (Å²) in [6, 6.07) is 12.1. The minimum atomic E-state index is 0.161. The zero-order valence-corrected chi connectivity index (χ0v) is 13.4. The topological polar surface area (TPSA) is 23.6 Å². The number of hydrogen-bond donors (Lipinski definition) is 0. The summed E-state index contributed by atoms with van der Waals surface area (Å²) in [6.45, 7) is 3.33. The zero-order chi connectivity index (χ0) is 13.9. The van der Waals surface area contributed by atoms with Crippen LogP contribution in [0.2, 0.25) is 0 Å². The van der Waals surface area contributed by atoms with Crippen LogP contribution in [0.3, 0.4) is 0 Å². The second kappa shape index (κ2) is 5.97. The molecule has 1 amide bonds. The van der Waals surface area contributed by atoms with Gasteiger partial charge in [-0.3, -0.25) is 4.79 Å². The van der Waals surface area contributed by atoms with Gasteiger partial charge in [-0.15, -0.1) is 11.3 Å². The molecule has 1 aromatic carbocycles. The molecule has 1 saturated heterocycles. The molecule has 1 fully saturated rings. The lowest BCUT2D eigenvalue weighted by molar-refractivity contribution is 0.0751. The molecule has 2 aromatic rings. The highest BCUT2D eigenvalue weighted by molar-refractivity contribution is 9.10. The second-order valence-electron chi connectivity index (χ2n) is 4.74. The Morgan fingerprint density at radius 3 is 2.55 bits per heavy atom. The number of carbonyl (C=O) groups is 1. The first-order valence-corrected chi connectivity index (χ1v) is 8.24. The zero-order valence-electron chi connectivity index (χ0n) is 11.0. The Morgan fingerprint density at radius 2 is 1.90 bits per heavy atom. The van der Waals surface area contributed by atoms with Gasteiger partial charge >= 0.3 is 0 Å². The summed E-state index contributed by atoms with van der Waals surface area (Å²) in [5, 5.41) is 1.95. The molecule has 3 nitrogen and oxygen atoms in total. The van der Waals surface area contributed by atoms with Gasteiger partial charge in [-0.25, -0.2) is 0 Å². The van der Waals surface area contributed by atoms with Crippen molar-refractivity contribution in [1.29, 1.82) is 0 Å². The summed E-state index contributed by atoms with van der Waals surface area (Å²) in [4.78, 5) is 17.4. The maximum absolute atomic E-state index is 12.3. The van der Waals surface area contributed by atoms with Gasteiger partial charge in [-0.05, 0) is 29.6 Å². The van der Waals surface area contributed by atoms with Crippen molar-refractivity contribution in [3.8, 4) is 0 Å². The highest BCUT2D eigenvalue weighted by atomic mass is 79.9. The Bertz CT molecular complexity index is 592. The molecule has 0 N–H and O–H groups in total. The summed E-state index contributed by atoms with van der Waals surface area (Å²) < 4.78 is 1.09. The molecular weight excluding hydrogens is 336 g/mol. The number of anilines is 1. The largest absolute Gasteiger partial charge is 0.368 e. The van der Waals surface area contributed by atoms with Crippen LogP contribution in [-0.4, -0.2) is 37.0 Å². The van der Waals surface area contributed by atoms with Crippen molar-refractivity contribution >= 4 is 38.9 Å². The molecule has 0 radical (unpaired) electrons. The fourth-order valence-electron chi connectivity index (χ4n) is 2.40. The molecule has 1 aliphatic heterocycles. The third-order valence-corrected chi connectivity index (χ3v) is 4.82. The first-order valence-electron chi connectivity index (χ1n) is 6.57. The van der Waals surface area contributed by atoms with E-state index < -0.39 is 0 Å². The first kappa shape index (κ1) is 13.6. The molecule has 1 aliphatic rings. The molecule has 104 valence electrons. The average molecular weight is 351 g/mol. The van der Waals surface area contributed by atoms with Gasteiger partial charge in [-0.1, -0.05) is 28.1 Å². The predicted octanol–water partition coefficient (Wildman–Crippen LogP) is 3.47. The van der Waals surface area contributed by atoms with Crippen molar-refractivity contribution in [3.05, 3.63) is 51.1 Å². The van der Waals surface area contributed by atoms with E-state index in [4.69, 9.17) is 0 Å². The van der Waals surface area contributed by atoms with Gasteiger partial charge in [0.15, 0.2) is 0 Å². The lowest BCUT2D eigenvalue weighted by Crippen LogP contribution is -2.48. The van der Waals surface area contributed by atoms with Crippen LogP contribution in [0.5, 0.6) is 0 Å². The first-order chi connectivity index (χ1) is 9.74. The number of halogens is 1. The Labute approximate surface area is 130 Å². The smallest absolute Gasteiger partial charge is 0.264 e. The minimum Gasteiger partial charge on any atom is -0.368 e. The van der Waals surface area contributed by atoms with E-state index >= 15 is 0 Å². The number of rotatable bonds is 2. The number of piperazine rings is 1. The van der Waals surface area contributed by atoms with Crippen LogP contribution in [0.4, 0.5) is 5.69 Å². The van der Waals surface area contributed by atoms with Crippen molar-refractivity contribution in [2.45, 2.75) is 0 Å². The van der Waals surface area contributed by atoms with E-state index in [1.54, 1.807) is 0 Å². The summed E-state index contributed by atoms with van der Waals surface area (Å²) >= 11 is 5.01. The van der Waals surface area contributed by atoms with E-state index in [-0.39, 0.29) is 5.91 Å². The van der Waals surface area contributed by atoms with E-state index in [1.807, 2.05) is 34.5 Å². The highest BCUT2D eigenvalue weighted by Gasteiger charge is 2.22. The number of amides is 1. The fraction of sp³-hybridized carbons (Fsp3) is 0.267. The Balaban J connectivity index is 1.64. The van der Waals surface area contributed by atoms with E-state index in [0.717, 1.165) is 35.5 Å². The second-order valence-corrected chi connectivity index (χ2v) is 6.60. The molecule has 2 heterocycles. The van der Waals surface area contributed by atoms with Crippen molar-refractivity contribution in [1.82, 2.24) is 4.90 Å². The van der Waals surface area contributed by atoms with Crippen molar-refractivity contribution in [2.75, 3.05) is 31.1 Å². The fourth-order valence-corrected chi connectivity index (χ4v) is 3.47. The normalized spacial score (nSPS) is 15.4. The maximum atomic E-state index is 12.3. The standard InChI is InChI=1S/C15H15BrN2OS/c16-12-3-1-4-13(11-12)17-6-8-18(9-7-17)15(19)14-5-2-10-20-14/h1-5,10-11H,6-9H2. The Kier molecular flexibility index (Phi) is 4.08. The molecular formula is C15H15BrN2OS. The van der Waals surface area contributed by atoms with E-state index in [2.05, 4.69) is 33.0 Å². The lowest BCUT2D eigenvalue weighted by atomic mass is 10.2. The molecule has 0 bridgehead atoms. The predicted molar refractivity (Wildman–Crippen MR) is 86.6 cm³/mol. The van der Waals surface area contributed by atoms with Crippen LogP contribution < -0.4 is 4.90 Å².